The summed E-state index contributed by atoms with van der Waals surface area (Å²) in [7, 11) is 0. The molecule has 2 atom stereocenters. The number of carbonyl (C=O) groups excluding carboxylic acids is 1. The van der Waals surface area contributed by atoms with E-state index < -0.39 is 29.8 Å². The molecule has 0 bridgehead atoms. The Kier molecular flexibility index (Phi) is 6.83. The third-order valence-electron chi connectivity index (χ3n) is 2.55. The highest BCUT2D eigenvalue weighted by Gasteiger charge is 2.40. The molecule has 0 rings (SSSR count). The van der Waals surface area contributed by atoms with Crippen molar-refractivity contribution in [3.05, 3.63) is 0 Å². The Labute approximate surface area is 112 Å². The Morgan fingerprint density at radius 3 is 2.16 bits per heavy atom. The first kappa shape index (κ1) is 18.2. The molecule has 0 aromatic rings. The summed E-state index contributed by atoms with van der Waals surface area (Å²) in [6.45, 7) is 9.10. The Bertz CT molecular complexity index is 285. The molecule has 0 heterocycles. The molecule has 19 heavy (non-hydrogen) atoms. The molecule has 0 aliphatic heterocycles. The zero-order valence-corrected chi connectivity index (χ0v) is 12.2. The fraction of sp³-hybridized carbons (Fsp3) is 0.923. The fourth-order valence-electron chi connectivity index (χ4n) is 1.74. The minimum atomic E-state index is -4.86. The van der Waals surface area contributed by atoms with E-state index in [-0.39, 0.29) is 0 Å². The predicted octanol–water partition coefficient (Wildman–Crippen LogP) is 3.43. The summed E-state index contributed by atoms with van der Waals surface area (Å²) >= 11 is 0. The third-order valence-corrected chi connectivity index (χ3v) is 2.55. The summed E-state index contributed by atoms with van der Waals surface area (Å²) in [5.74, 6) is -1.90. The molecule has 0 saturated heterocycles. The molecule has 0 aliphatic carbocycles. The zero-order valence-electron chi connectivity index (χ0n) is 12.2. The maximum absolute atomic E-state index is 12.3. The molecule has 6 heteroatoms. The van der Waals surface area contributed by atoms with E-state index in [2.05, 4.69) is 0 Å². The van der Waals surface area contributed by atoms with Crippen molar-refractivity contribution in [3.8, 4) is 0 Å². The van der Waals surface area contributed by atoms with E-state index in [1.807, 2.05) is 33.0 Å². The smallest absolute Gasteiger partial charge is 0.371 e. The van der Waals surface area contributed by atoms with Crippen molar-refractivity contribution in [2.45, 2.75) is 77.8 Å². The molecule has 0 aromatic carbocycles. The summed E-state index contributed by atoms with van der Waals surface area (Å²) in [5, 5.41) is 2.03. The molecule has 1 amide bonds. The number of halogens is 3. The lowest BCUT2D eigenvalue weighted by atomic mass is 10.0. The van der Waals surface area contributed by atoms with Crippen LogP contribution in [0.5, 0.6) is 0 Å². The Hall–Kier alpha value is -0.780. The van der Waals surface area contributed by atoms with Crippen LogP contribution in [0.2, 0.25) is 0 Å². The molecular weight excluding hydrogens is 259 g/mol. The number of rotatable bonds is 6. The van der Waals surface area contributed by atoms with Crippen molar-refractivity contribution in [1.82, 2.24) is 5.32 Å². The number of alkyl halides is 3. The van der Waals surface area contributed by atoms with Gasteiger partial charge in [-0.05, 0) is 34.1 Å². The van der Waals surface area contributed by atoms with Crippen LogP contribution in [0.15, 0.2) is 0 Å². The molecular formula is C13H24F3NO2. The highest BCUT2D eigenvalue weighted by Crippen LogP contribution is 2.19. The number of amides is 1. The number of hydrogen-bond donors (Lipinski definition) is 1. The number of hydrogen-bond acceptors (Lipinski definition) is 2. The molecule has 0 spiro atoms. The third kappa shape index (κ3) is 8.08. The van der Waals surface area contributed by atoms with E-state index in [1.54, 1.807) is 6.92 Å². The molecule has 0 aromatic heterocycles. The number of ether oxygens (including phenoxy) is 1. The monoisotopic (exact) mass is 283 g/mol. The molecule has 114 valence electrons. The van der Waals surface area contributed by atoms with Crippen LogP contribution in [0.3, 0.4) is 0 Å². The van der Waals surface area contributed by atoms with Crippen LogP contribution in [0, 0.1) is 0 Å². The number of carbonyl (C=O) groups is 1. The summed E-state index contributed by atoms with van der Waals surface area (Å²) in [6, 6.07) is -0.631. The largest absolute Gasteiger partial charge is 0.471 e. The van der Waals surface area contributed by atoms with E-state index in [4.69, 9.17) is 4.74 Å². The summed E-state index contributed by atoms with van der Waals surface area (Å²) < 4.78 is 42.5. The van der Waals surface area contributed by atoms with E-state index in [0.29, 0.717) is 6.42 Å². The molecule has 1 N–H and O–H groups in total. The van der Waals surface area contributed by atoms with Crippen LogP contribution in [-0.2, 0) is 9.53 Å². The fourth-order valence-corrected chi connectivity index (χ4v) is 1.74. The van der Waals surface area contributed by atoms with Gasteiger partial charge >= 0.3 is 12.1 Å². The molecule has 0 saturated carbocycles. The van der Waals surface area contributed by atoms with Crippen LogP contribution in [0.1, 0.15) is 53.9 Å². The van der Waals surface area contributed by atoms with Gasteiger partial charge in [0.25, 0.3) is 0 Å². The molecule has 0 radical (unpaired) electrons. The second kappa shape index (κ2) is 7.12. The average Bonchev–Trinajstić information content (AvgIpc) is 2.19. The Morgan fingerprint density at radius 2 is 1.79 bits per heavy atom. The lowest BCUT2D eigenvalue weighted by Gasteiger charge is -2.31. The van der Waals surface area contributed by atoms with E-state index in [1.165, 1.54) is 0 Å². The van der Waals surface area contributed by atoms with Crippen molar-refractivity contribution in [3.63, 3.8) is 0 Å². The van der Waals surface area contributed by atoms with Gasteiger partial charge in [-0.2, -0.15) is 13.2 Å². The van der Waals surface area contributed by atoms with Gasteiger partial charge in [-0.15, -0.1) is 0 Å². The summed E-state index contributed by atoms with van der Waals surface area (Å²) in [4.78, 5) is 11.0. The normalized spacial score (nSPS) is 16.0. The molecule has 0 unspecified atom stereocenters. The number of unbranched alkanes of at least 4 members (excludes halogenated alkanes) is 1. The summed E-state index contributed by atoms with van der Waals surface area (Å²) in [5.41, 5.74) is -0.465. The predicted molar refractivity (Wildman–Crippen MR) is 67.8 cm³/mol. The quantitative estimate of drug-likeness (QED) is 0.811. The van der Waals surface area contributed by atoms with Crippen molar-refractivity contribution in [2.24, 2.45) is 0 Å². The molecule has 0 fully saturated rings. The van der Waals surface area contributed by atoms with E-state index in [0.717, 1.165) is 12.8 Å². The van der Waals surface area contributed by atoms with Gasteiger partial charge in [-0.3, -0.25) is 4.79 Å². The minimum absolute atomic E-state index is 0.465. The Morgan fingerprint density at radius 1 is 1.26 bits per heavy atom. The van der Waals surface area contributed by atoms with Gasteiger partial charge in [0.05, 0.1) is 17.7 Å². The van der Waals surface area contributed by atoms with Crippen molar-refractivity contribution < 1.29 is 22.7 Å². The van der Waals surface area contributed by atoms with Gasteiger partial charge in [-0.25, -0.2) is 0 Å². The van der Waals surface area contributed by atoms with Gasteiger partial charge in [0.1, 0.15) is 0 Å². The van der Waals surface area contributed by atoms with Gasteiger partial charge in [0.2, 0.25) is 0 Å². The first-order valence-electron chi connectivity index (χ1n) is 6.53. The minimum Gasteiger partial charge on any atom is -0.371 e. The molecule has 3 nitrogen and oxygen atoms in total. The van der Waals surface area contributed by atoms with Crippen LogP contribution in [-0.4, -0.2) is 29.8 Å². The van der Waals surface area contributed by atoms with Crippen LogP contribution >= 0.6 is 0 Å². The van der Waals surface area contributed by atoms with Crippen molar-refractivity contribution in [2.75, 3.05) is 0 Å². The topological polar surface area (TPSA) is 38.3 Å². The standard InChI is InChI=1S/C13H24F3NO2/c1-6-7-8-10(9(2)19-12(3,4)5)17-11(18)13(14,15)16/h9-10H,6-8H2,1-5H3,(H,17,18)/t9-,10+/m0/s1. The average molecular weight is 283 g/mol. The number of nitrogens with one attached hydrogen (secondary N) is 1. The lowest BCUT2D eigenvalue weighted by Crippen LogP contribution is -2.49. The second-order valence-electron chi connectivity index (χ2n) is 5.66. The van der Waals surface area contributed by atoms with Crippen LogP contribution in [0.4, 0.5) is 13.2 Å². The van der Waals surface area contributed by atoms with Crippen molar-refractivity contribution in [1.29, 1.82) is 0 Å². The van der Waals surface area contributed by atoms with Crippen molar-refractivity contribution >= 4 is 5.91 Å². The second-order valence-corrected chi connectivity index (χ2v) is 5.66. The van der Waals surface area contributed by atoms with E-state index >= 15 is 0 Å². The Balaban J connectivity index is 4.67. The van der Waals surface area contributed by atoms with E-state index in [9.17, 15) is 18.0 Å². The lowest BCUT2D eigenvalue weighted by molar-refractivity contribution is -0.176. The first-order valence-corrected chi connectivity index (χ1v) is 6.53. The summed E-state index contributed by atoms with van der Waals surface area (Å²) in [6.07, 6.45) is -3.28. The zero-order chi connectivity index (χ0) is 15.3. The van der Waals surface area contributed by atoms with Crippen LogP contribution in [0.25, 0.3) is 0 Å². The van der Waals surface area contributed by atoms with Gasteiger partial charge < -0.3 is 10.1 Å². The highest BCUT2D eigenvalue weighted by atomic mass is 19.4. The SMILES string of the molecule is CCCC[C@@H](NC(=O)C(F)(F)F)[C@H](C)OC(C)(C)C. The first-order chi connectivity index (χ1) is 8.47. The van der Waals surface area contributed by atoms with Gasteiger partial charge in [0, 0.05) is 0 Å². The molecule has 0 aliphatic rings. The van der Waals surface area contributed by atoms with Gasteiger partial charge in [0.15, 0.2) is 0 Å². The van der Waals surface area contributed by atoms with Gasteiger partial charge in [-0.1, -0.05) is 19.8 Å². The maximum Gasteiger partial charge on any atom is 0.471 e. The maximum atomic E-state index is 12.3. The highest BCUT2D eigenvalue weighted by molar-refractivity contribution is 5.81. The van der Waals surface area contributed by atoms with Crippen LogP contribution < -0.4 is 5.32 Å².